The first-order chi connectivity index (χ1) is 6.43. The first-order valence-corrected chi connectivity index (χ1v) is 5.12. The smallest absolute Gasteiger partial charge is 0.320 e. The van der Waals surface area contributed by atoms with Gasteiger partial charge in [0.25, 0.3) is 0 Å². The van der Waals surface area contributed by atoms with E-state index in [0.29, 0.717) is 12.1 Å². The average Bonchev–Trinajstić information content (AvgIpc) is 2.12. The summed E-state index contributed by atoms with van der Waals surface area (Å²) in [4.78, 5) is 15.2. The molecule has 0 radical (unpaired) electrons. The molecule has 0 amide bonds. The lowest BCUT2D eigenvalue weighted by Gasteiger charge is -2.43. The molecule has 0 aliphatic carbocycles. The van der Waals surface area contributed by atoms with Crippen LogP contribution in [0.15, 0.2) is 0 Å². The third-order valence-electron chi connectivity index (χ3n) is 3.29. The van der Waals surface area contributed by atoms with E-state index in [0.717, 1.165) is 13.1 Å². The van der Waals surface area contributed by atoms with Gasteiger partial charge in [0.2, 0.25) is 0 Å². The average molecular weight is 200 g/mol. The third-order valence-corrected chi connectivity index (χ3v) is 3.29. The van der Waals surface area contributed by atoms with Crippen LogP contribution in [0, 0.1) is 0 Å². The van der Waals surface area contributed by atoms with Crippen LogP contribution in [0.4, 0.5) is 0 Å². The summed E-state index contributed by atoms with van der Waals surface area (Å²) in [6, 6.07) is 0.495. The monoisotopic (exact) mass is 200 g/mol. The first-order valence-electron chi connectivity index (χ1n) is 5.12. The molecular weight excluding hydrogens is 180 g/mol. The van der Waals surface area contributed by atoms with Crippen LogP contribution in [-0.4, -0.2) is 59.1 Å². The standard InChI is InChI=1S/C10H20N2O2/c1-7-5-12(9(3)10(13)14)6-8(2)11(7)4/h7-9H,5-6H2,1-4H3,(H,13,14)/t7-,8-,9+/m0/s1. The molecule has 1 aliphatic rings. The molecule has 0 aromatic carbocycles. The second kappa shape index (κ2) is 4.28. The number of aliphatic carboxylic acids is 1. The Kier molecular flexibility index (Phi) is 3.50. The van der Waals surface area contributed by atoms with Gasteiger partial charge in [-0.3, -0.25) is 14.6 Å². The minimum atomic E-state index is -0.728. The molecule has 4 heteroatoms. The van der Waals surface area contributed by atoms with Crippen LogP contribution in [0.1, 0.15) is 20.8 Å². The minimum absolute atomic E-state index is 0.367. The highest BCUT2D eigenvalue weighted by molar-refractivity contribution is 5.72. The van der Waals surface area contributed by atoms with Gasteiger partial charge in [0.1, 0.15) is 6.04 Å². The van der Waals surface area contributed by atoms with Crippen LogP contribution >= 0.6 is 0 Å². The van der Waals surface area contributed by atoms with Gasteiger partial charge in [0.15, 0.2) is 0 Å². The van der Waals surface area contributed by atoms with Gasteiger partial charge in [-0.2, -0.15) is 0 Å². The van der Waals surface area contributed by atoms with Crippen LogP contribution in [0.3, 0.4) is 0 Å². The zero-order chi connectivity index (χ0) is 10.9. The Labute approximate surface area is 85.5 Å². The van der Waals surface area contributed by atoms with Gasteiger partial charge in [-0.1, -0.05) is 0 Å². The summed E-state index contributed by atoms with van der Waals surface area (Å²) in [6.45, 7) is 7.71. The maximum Gasteiger partial charge on any atom is 0.320 e. The molecule has 1 heterocycles. The van der Waals surface area contributed by atoms with Gasteiger partial charge in [-0.05, 0) is 27.8 Å². The molecule has 0 unspecified atom stereocenters. The molecular formula is C10H20N2O2. The number of nitrogens with zero attached hydrogens (tertiary/aromatic N) is 2. The van der Waals surface area contributed by atoms with E-state index in [9.17, 15) is 4.79 Å². The lowest BCUT2D eigenvalue weighted by molar-refractivity contribution is -0.144. The van der Waals surface area contributed by atoms with E-state index in [2.05, 4.69) is 25.8 Å². The zero-order valence-corrected chi connectivity index (χ0v) is 9.40. The van der Waals surface area contributed by atoms with Crippen molar-refractivity contribution in [3.05, 3.63) is 0 Å². The molecule has 0 aromatic rings. The molecule has 1 rings (SSSR count). The van der Waals surface area contributed by atoms with E-state index in [4.69, 9.17) is 5.11 Å². The summed E-state index contributed by atoms with van der Waals surface area (Å²) in [6.07, 6.45) is 0. The second-order valence-electron chi connectivity index (χ2n) is 4.33. The molecule has 4 nitrogen and oxygen atoms in total. The van der Waals surface area contributed by atoms with E-state index in [-0.39, 0.29) is 6.04 Å². The van der Waals surface area contributed by atoms with Gasteiger partial charge in [0, 0.05) is 25.2 Å². The summed E-state index contributed by atoms with van der Waals surface area (Å²) in [5.41, 5.74) is 0. The topological polar surface area (TPSA) is 43.8 Å². The van der Waals surface area contributed by atoms with Crippen LogP contribution in [0.2, 0.25) is 0 Å². The van der Waals surface area contributed by atoms with Crippen LogP contribution < -0.4 is 0 Å². The predicted octanol–water partition coefficient (Wildman–Crippen LogP) is 0.484. The molecule has 1 aliphatic heterocycles. The number of carbonyl (C=O) groups is 1. The van der Waals surface area contributed by atoms with Crippen molar-refractivity contribution in [2.24, 2.45) is 0 Å². The SMILES string of the molecule is C[C@H](C(=O)O)N1C[C@H](C)N(C)[C@@H](C)C1. The first kappa shape index (κ1) is 11.5. The van der Waals surface area contributed by atoms with Gasteiger partial charge < -0.3 is 5.11 Å². The Hall–Kier alpha value is -0.610. The van der Waals surface area contributed by atoms with Crippen molar-refractivity contribution in [2.75, 3.05) is 20.1 Å². The van der Waals surface area contributed by atoms with Crippen molar-refractivity contribution in [3.63, 3.8) is 0 Å². The molecule has 1 saturated heterocycles. The molecule has 0 bridgehead atoms. The molecule has 1 fully saturated rings. The number of rotatable bonds is 2. The highest BCUT2D eigenvalue weighted by Crippen LogP contribution is 2.15. The molecule has 14 heavy (non-hydrogen) atoms. The summed E-state index contributed by atoms with van der Waals surface area (Å²) in [5.74, 6) is -0.728. The third kappa shape index (κ3) is 2.25. The van der Waals surface area contributed by atoms with Crippen molar-refractivity contribution in [1.29, 1.82) is 0 Å². The molecule has 0 spiro atoms. The normalized spacial score (nSPS) is 32.9. The Morgan fingerprint density at radius 3 is 2.14 bits per heavy atom. The predicted molar refractivity (Wildman–Crippen MR) is 55.4 cm³/mol. The largest absolute Gasteiger partial charge is 0.480 e. The Bertz CT molecular complexity index is 208. The van der Waals surface area contributed by atoms with Gasteiger partial charge in [-0.15, -0.1) is 0 Å². The highest BCUT2D eigenvalue weighted by Gasteiger charge is 2.31. The zero-order valence-electron chi connectivity index (χ0n) is 9.40. The quantitative estimate of drug-likeness (QED) is 0.704. The number of carboxylic acid groups (broad SMARTS) is 1. The van der Waals surface area contributed by atoms with E-state index in [1.807, 2.05) is 4.90 Å². The maximum atomic E-state index is 10.8. The molecule has 0 aromatic heterocycles. The van der Waals surface area contributed by atoms with Gasteiger partial charge in [0.05, 0.1) is 0 Å². The van der Waals surface area contributed by atoms with E-state index in [1.165, 1.54) is 0 Å². The lowest BCUT2D eigenvalue weighted by Crippen LogP contribution is -2.58. The fourth-order valence-electron chi connectivity index (χ4n) is 1.92. The number of carboxylic acids is 1. The van der Waals surface area contributed by atoms with Crippen molar-refractivity contribution in [2.45, 2.75) is 38.9 Å². The molecule has 1 N–H and O–H groups in total. The Morgan fingerprint density at radius 1 is 1.36 bits per heavy atom. The fourth-order valence-corrected chi connectivity index (χ4v) is 1.92. The van der Waals surface area contributed by atoms with Gasteiger partial charge in [-0.25, -0.2) is 0 Å². The van der Waals surface area contributed by atoms with E-state index in [1.54, 1.807) is 6.92 Å². The number of piperazine rings is 1. The van der Waals surface area contributed by atoms with Crippen LogP contribution in [0.25, 0.3) is 0 Å². The summed E-state index contributed by atoms with van der Waals surface area (Å²) in [7, 11) is 2.10. The minimum Gasteiger partial charge on any atom is -0.480 e. The van der Waals surface area contributed by atoms with Gasteiger partial charge >= 0.3 is 5.97 Å². The van der Waals surface area contributed by atoms with E-state index < -0.39 is 5.97 Å². The van der Waals surface area contributed by atoms with Crippen LogP contribution in [-0.2, 0) is 4.79 Å². The highest BCUT2D eigenvalue weighted by atomic mass is 16.4. The fraction of sp³-hybridized carbons (Fsp3) is 0.900. The number of likely N-dealkylation sites (N-methyl/N-ethyl adjacent to an activating group) is 1. The summed E-state index contributed by atoms with van der Waals surface area (Å²) in [5, 5.41) is 8.92. The number of hydrogen-bond donors (Lipinski definition) is 1. The van der Waals surface area contributed by atoms with Crippen molar-refractivity contribution < 1.29 is 9.90 Å². The molecule has 82 valence electrons. The van der Waals surface area contributed by atoms with Crippen LogP contribution in [0.5, 0.6) is 0 Å². The summed E-state index contributed by atoms with van der Waals surface area (Å²) < 4.78 is 0. The van der Waals surface area contributed by atoms with Crippen molar-refractivity contribution >= 4 is 5.97 Å². The second-order valence-corrected chi connectivity index (χ2v) is 4.33. The molecule has 3 atom stereocenters. The number of hydrogen-bond acceptors (Lipinski definition) is 3. The van der Waals surface area contributed by atoms with Crippen molar-refractivity contribution in [3.8, 4) is 0 Å². The molecule has 0 saturated carbocycles. The van der Waals surface area contributed by atoms with Crippen molar-refractivity contribution in [1.82, 2.24) is 9.80 Å². The Balaban J connectivity index is 2.62. The maximum absolute atomic E-state index is 10.8. The summed E-state index contributed by atoms with van der Waals surface area (Å²) >= 11 is 0. The van der Waals surface area contributed by atoms with E-state index >= 15 is 0 Å². The lowest BCUT2D eigenvalue weighted by atomic mass is 10.1. The Morgan fingerprint density at radius 2 is 1.79 bits per heavy atom.